The highest BCUT2D eigenvalue weighted by Crippen LogP contribution is 2.30. The number of alkyl halides is 3. The minimum atomic E-state index is -4.64. The van der Waals surface area contributed by atoms with Gasteiger partial charge in [0.15, 0.2) is 0 Å². The lowest BCUT2D eigenvalue weighted by Crippen LogP contribution is -2.28. The van der Waals surface area contributed by atoms with Gasteiger partial charge in [-0.2, -0.15) is 13.2 Å². The van der Waals surface area contributed by atoms with E-state index in [-0.39, 0.29) is 12.1 Å². The molecule has 2 N–H and O–H groups in total. The van der Waals surface area contributed by atoms with Crippen LogP contribution in [0, 0.1) is 5.82 Å². The Hall–Kier alpha value is -2.57. The maximum absolute atomic E-state index is 13.3. The summed E-state index contributed by atoms with van der Waals surface area (Å²) in [6, 6.07) is 8.78. The van der Waals surface area contributed by atoms with E-state index in [0.717, 1.165) is 24.1 Å². The van der Waals surface area contributed by atoms with Crippen molar-refractivity contribution >= 4 is 11.7 Å². The van der Waals surface area contributed by atoms with Gasteiger partial charge in [0.25, 0.3) is 0 Å². The highest BCUT2D eigenvalue weighted by atomic mass is 19.4. The Balaban J connectivity index is 2.00. The van der Waals surface area contributed by atoms with E-state index in [4.69, 9.17) is 0 Å². The molecule has 2 aromatic carbocycles. The zero-order valence-electron chi connectivity index (χ0n) is 12.9. The third-order valence-electron chi connectivity index (χ3n) is 3.33. The third kappa shape index (κ3) is 4.97. The van der Waals surface area contributed by atoms with Gasteiger partial charge in [0.05, 0.1) is 5.56 Å². The molecule has 0 atom stereocenters. The Morgan fingerprint density at radius 1 is 1.08 bits per heavy atom. The molecule has 0 heterocycles. The van der Waals surface area contributed by atoms with E-state index >= 15 is 0 Å². The van der Waals surface area contributed by atoms with Crippen LogP contribution in [0.25, 0.3) is 0 Å². The first kappa shape index (κ1) is 17.8. The molecule has 3 nitrogen and oxygen atoms in total. The summed E-state index contributed by atoms with van der Waals surface area (Å²) in [5.74, 6) is -1.00. The Kier molecular flexibility index (Phi) is 5.43. The SMILES string of the molecule is CCc1cccc(NC(=O)NCc2cc(F)cc(C(F)(F)F)c2)c1. The number of nitrogens with one attached hydrogen (secondary N) is 2. The number of anilines is 1. The van der Waals surface area contributed by atoms with Gasteiger partial charge in [-0.1, -0.05) is 19.1 Å². The molecule has 0 aliphatic rings. The summed E-state index contributed by atoms with van der Waals surface area (Å²) >= 11 is 0. The molecule has 24 heavy (non-hydrogen) atoms. The van der Waals surface area contributed by atoms with Gasteiger partial charge in [-0.05, 0) is 47.9 Å². The molecule has 0 fully saturated rings. The summed E-state index contributed by atoms with van der Waals surface area (Å²) in [5.41, 5.74) is 0.546. The zero-order valence-corrected chi connectivity index (χ0v) is 12.9. The molecule has 128 valence electrons. The topological polar surface area (TPSA) is 41.1 Å². The van der Waals surface area contributed by atoms with Gasteiger partial charge >= 0.3 is 12.2 Å². The molecule has 0 aliphatic heterocycles. The largest absolute Gasteiger partial charge is 0.416 e. The minimum absolute atomic E-state index is 0.0276. The maximum Gasteiger partial charge on any atom is 0.416 e. The Morgan fingerprint density at radius 3 is 2.50 bits per heavy atom. The van der Waals surface area contributed by atoms with E-state index in [9.17, 15) is 22.4 Å². The van der Waals surface area contributed by atoms with Crippen molar-refractivity contribution in [3.8, 4) is 0 Å². The van der Waals surface area contributed by atoms with E-state index in [1.165, 1.54) is 0 Å². The number of urea groups is 1. The standard InChI is InChI=1S/C17H16F4N2O/c1-2-11-4-3-5-15(8-11)23-16(24)22-10-12-6-13(17(19,20)21)9-14(18)7-12/h3-9H,2,10H2,1H3,(H2,22,23,24). The van der Waals surface area contributed by atoms with Crippen molar-refractivity contribution < 1.29 is 22.4 Å². The fraction of sp³-hybridized carbons (Fsp3) is 0.235. The molecule has 0 spiro atoms. The lowest BCUT2D eigenvalue weighted by molar-refractivity contribution is -0.137. The Bertz CT molecular complexity index is 729. The second kappa shape index (κ2) is 7.33. The van der Waals surface area contributed by atoms with Crippen LogP contribution in [0.1, 0.15) is 23.6 Å². The van der Waals surface area contributed by atoms with Crippen LogP contribution in [-0.4, -0.2) is 6.03 Å². The molecule has 0 saturated carbocycles. The first-order valence-electron chi connectivity index (χ1n) is 7.28. The molecule has 7 heteroatoms. The van der Waals surface area contributed by atoms with Crippen LogP contribution in [0.3, 0.4) is 0 Å². The van der Waals surface area contributed by atoms with Crippen molar-refractivity contribution in [2.75, 3.05) is 5.32 Å². The van der Waals surface area contributed by atoms with Crippen LogP contribution >= 0.6 is 0 Å². The average molecular weight is 340 g/mol. The Labute approximate surface area is 136 Å². The van der Waals surface area contributed by atoms with E-state index in [1.807, 2.05) is 13.0 Å². The van der Waals surface area contributed by atoms with Crippen LogP contribution < -0.4 is 10.6 Å². The van der Waals surface area contributed by atoms with E-state index < -0.39 is 23.6 Å². The summed E-state index contributed by atoms with van der Waals surface area (Å²) in [5, 5.41) is 4.99. The fourth-order valence-corrected chi connectivity index (χ4v) is 2.14. The first-order valence-corrected chi connectivity index (χ1v) is 7.28. The van der Waals surface area contributed by atoms with E-state index in [1.54, 1.807) is 18.2 Å². The third-order valence-corrected chi connectivity index (χ3v) is 3.33. The number of rotatable bonds is 4. The highest BCUT2D eigenvalue weighted by molar-refractivity contribution is 5.89. The quantitative estimate of drug-likeness (QED) is 0.776. The molecule has 0 aliphatic carbocycles. The monoisotopic (exact) mass is 340 g/mol. The molecule has 0 radical (unpaired) electrons. The van der Waals surface area contributed by atoms with E-state index in [2.05, 4.69) is 10.6 Å². The molecular weight excluding hydrogens is 324 g/mol. The molecule has 2 aromatic rings. The van der Waals surface area contributed by atoms with Gasteiger partial charge in [0, 0.05) is 12.2 Å². The fourth-order valence-electron chi connectivity index (χ4n) is 2.14. The molecular formula is C17H16F4N2O. The van der Waals surface area contributed by atoms with Crippen LogP contribution in [0.2, 0.25) is 0 Å². The first-order chi connectivity index (χ1) is 11.3. The van der Waals surface area contributed by atoms with Crippen LogP contribution in [0.4, 0.5) is 28.0 Å². The lowest BCUT2D eigenvalue weighted by atomic mass is 10.1. The molecule has 0 aromatic heterocycles. The minimum Gasteiger partial charge on any atom is -0.334 e. The normalized spacial score (nSPS) is 11.2. The number of amides is 2. The molecule has 0 bridgehead atoms. The number of carbonyl (C=O) groups is 1. The molecule has 0 saturated heterocycles. The lowest BCUT2D eigenvalue weighted by Gasteiger charge is -2.11. The molecule has 2 rings (SSSR count). The number of halogens is 4. The molecule has 0 unspecified atom stereocenters. The highest BCUT2D eigenvalue weighted by Gasteiger charge is 2.31. The van der Waals surface area contributed by atoms with Gasteiger partial charge in [-0.15, -0.1) is 0 Å². The van der Waals surface area contributed by atoms with Gasteiger partial charge in [0.2, 0.25) is 0 Å². The summed E-state index contributed by atoms with van der Waals surface area (Å²) in [4.78, 5) is 11.8. The maximum atomic E-state index is 13.3. The number of benzene rings is 2. The van der Waals surface area contributed by atoms with Crippen molar-refractivity contribution in [1.82, 2.24) is 5.32 Å². The summed E-state index contributed by atoms with van der Waals surface area (Å²) < 4.78 is 51.2. The summed E-state index contributed by atoms with van der Waals surface area (Å²) in [7, 11) is 0. The number of aryl methyl sites for hydroxylation is 1. The second-order valence-corrected chi connectivity index (χ2v) is 5.21. The van der Waals surface area contributed by atoms with Crippen LogP contribution in [0.15, 0.2) is 42.5 Å². The van der Waals surface area contributed by atoms with Crippen molar-refractivity contribution in [1.29, 1.82) is 0 Å². The van der Waals surface area contributed by atoms with Gasteiger partial charge in [-0.3, -0.25) is 0 Å². The van der Waals surface area contributed by atoms with Crippen molar-refractivity contribution in [2.24, 2.45) is 0 Å². The summed E-state index contributed by atoms with van der Waals surface area (Å²) in [6.45, 7) is 1.75. The predicted molar refractivity (Wildman–Crippen MR) is 83.1 cm³/mol. The van der Waals surface area contributed by atoms with Crippen LogP contribution in [0.5, 0.6) is 0 Å². The van der Waals surface area contributed by atoms with Gasteiger partial charge in [-0.25, -0.2) is 9.18 Å². The van der Waals surface area contributed by atoms with E-state index in [0.29, 0.717) is 11.8 Å². The smallest absolute Gasteiger partial charge is 0.334 e. The number of carbonyl (C=O) groups excluding carboxylic acids is 1. The predicted octanol–water partition coefficient (Wildman–Crippen LogP) is 4.73. The second-order valence-electron chi connectivity index (χ2n) is 5.21. The summed E-state index contributed by atoms with van der Waals surface area (Å²) in [6.07, 6.45) is -3.83. The zero-order chi connectivity index (χ0) is 17.7. The van der Waals surface area contributed by atoms with Gasteiger partial charge in [0.1, 0.15) is 5.82 Å². The Morgan fingerprint density at radius 2 is 1.83 bits per heavy atom. The average Bonchev–Trinajstić information content (AvgIpc) is 2.52. The number of hydrogen-bond acceptors (Lipinski definition) is 1. The molecule has 2 amide bonds. The van der Waals surface area contributed by atoms with Crippen molar-refractivity contribution in [2.45, 2.75) is 26.1 Å². The van der Waals surface area contributed by atoms with Crippen molar-refractivity contribution in [3.05, 3.63) is 65.0 Å². The number of hydrogen-bond donors (Lipinski definition) is 2. The van der Waals surface area contributed by atoms with Crippen LogP contribution in [-0.2, 0) is 19.1 Å². The van der Waals surface area contributed by atoms with Crippen molar-refractivity contribution in [3.63, 3.8) is 0 Å². The van der Waals surface area contributed by atoms with Gasteiger partial charge < -0.3 is 10.6 Å².